The van der Waals surface area contributed by atoms with Crippen LogP contribution in [0.2, 0.25) is 0 Å². The van der Waals surface area contributed by atoms with Gasteiger partial charge in [0.1, 0.15) is 0 Å². The molecular formula is C25H31N3O3. The lowest BCUT2D eigenvalue weighted by Gasteiger charge is -2.34. The second-order valence-electron chi connectivity index (χ2n) is 8.62. The second-order valence-corrected chi connectivity index (χ2v) is 8.62. The normalized spacial score (nSPS) is 21.9. The monoisotopic (exact) mass is 421 g/mol. The van der Waals surface area contributed by atoms with Crippen LogP contribution in [0.5, 0.6) is 0 Å². The van der Waals surface area contributed by atoms with Crippen molar-refractivity contribution in [2.24, 2.45) is 0 Å². The summed E-state index contributed by atoms with van der Waals surface area (Å²) in [6.45, 7) is 10.6. The molecule has 1 amide bonds. The quantitative estimate of drug-likeness (QED) is 0.727. The van der Waals surface area contributed by atoms with Crippen LogP contribution < -0.4 is 5.32 Å². The topological polar surface area (TPSA) is 61.9 Å². The Morgan fingerprint density at radius 1 is 1.00 bits per heavy atom. The summed E-state index contributed by atoms with van der Waals surface area (Å²) in [7, 11) is 0. The van der Waals surface area contributed by atoms with E-state index in [1.54, 1.807) is 13.0 Å². The Morgan fingerprint density at radius 2 is 1.65 bits per heavy atom. The molecule has 2 aliphatic rings. The van der Waals surface area contributed by atoms with E-state index in [2.05, 4.69) is 34.2 Å². The molecule has 0 aliphatic carbocycles. The number of nitrogens with one attached hydrogen (secondary N) is 1. The molecule has 2 aliphatic heterocycles. The van der Waals surface area contributed by atoms with E-state index in [1.807, 2.05) is 30.3 Å². The molecule has 1 unspecified atom stereocenters. The zero-order valence-electron chi connectivity index (χ0n) is 18.4. The molecule has 1 saturated heterocycles. The van der Waals surface area contributed by atoms with E-state index in [-0.39, 0.29) is 5.91 Å². The fraction of sp³-hybridized carbons (Fsp3) is 0.440. The average Bonchev–Trinajstić information content (AvgIpc) is 2.78. The minimum absolute atomic E-state index is 0.262. The molecule has 164 valence electrons. The maximum atomic E-state index is 13.0. The number of carbonyl (C=O) groups is 2. The van der Waals surface area contributed by atoms with Crippen molar-refractivity contribution >= 4 is 11.9 Å². The molecule has 6 nitrogen and oxygen atoms in total. The van der Waals surface area contributed by atoms with Crippen LogP contribution in [0.25, 0.3) is 0 Å². The second kappa shape index (κ2) is 9.20. The highest BCUT2D eigenvalue weighted by molar-refractivity contribution is 5.97. The smallest absolute Gasteiger partial charge is 0.339 e. The Bertz CT molecular complexity index is 953. The van der Waals surface area contributed by atoms with Crippen LogP contribution >= 0.6 is 0 Å². The number of rotatable bonds is 6. The minimum atomic E-state index is -1.20. The Hall–Kier alpha value is -2.70. The number of benzene rings is 2. The molecule has 0 radical (unpaired) electrons. The van der Waals surface area contributed by atoms with Gasteiger partial charge in [-0.25, -0.2) is 4.79 Å². The predicted octanol–water partition coefficient (Wildman–Crippen LogP) is 2.61. The van der Waals surface area contributed by atoms with E-state index in [9.17, 15) is 9.59 Å². The van der Waals surface area contributed by atoms with Gasteiger partial charge in [0.15, 0.2) is 5.60 Å². The SMILES string of the molecule is CCN1CCN(Cc2ccccc2CNC(=O)C2(C)Cc3ccccc3C(=O)O2)CC1. The number of piperazine rings is 1. The number of cyclic esters (lactones) is 1. The number of likely N-dealkylation sites (N-methyl/N-ethyl adjacent to an activating group) is 1. The Kier molecular flexibility index (Phi) is 6.39. The van der Waals surface area contributed by atoms with E-state index in [4.69, 9.17) is 4.74 Å². The lowest BCUT2D eigenvalue weighted by Crippen LogP contribution is -2.51. The number of ether oxygens (including phenoxy) is 1. The van der Waals surface area contributed by atoms with E-state index in [1.165, 1.54) is 5.56 Å². The van der Waals surface area contributed by atoms with E-state index in [0.717, 1.165) is 50.4 Å². The Labute approximate surface area is 184 Å². The van der Waals surface area contributed by atoms with E-state index < -0.39 is 11.6 Å². The minimum Gasteiger partial charge on any atom is -0.445 e. The summed E-state index contributed by atoms with van der Waals surface area (Å²) in [6.07, 6.45) is 0.379. The Balaban J connectivity index is 1.39. The predicted molar refractivity (Wildman–Crippen MR) is 120 cm³/mol. The number of amides is 1. The third-order valence-corrected chi connectivity index (χ3v) is 6.43. The summed E-state index contributed by atoms with van der Waals surface area (Å²) < 4.78 is 5.56. The molecule has 0 saturated carbocycles. The van der Waals surface area contributed by atoms with Gasteiger partial charge in [-0.15, -0.1) is 0 Å². The highest BCUT2D eigenvalue weighted by atomic mass is 16.6. The summed E-state index contributed by atoms with van der Waals surface area (Å²) in [6, 6.07) is 15.5. The van der Waals surface area contributed by atoms with Crippen molar-refractivity contribution in [2.45, 2.75) is 39.0 Å². The summed E-state index contributed by atoms with van der Waals surface area (Å²) in [5, 5.41) is 3.01. The lowest BCUT2D eigenvalue weighted by atomic mass is 9.89. The van der Waals surface area contributed by atoms with Gasteiger partial charge in [0.05, 0.1) is 5.56 Å². The third-order valence-electron chi connectivity index (χ3n) is 6.43. The molecule has 4 rings (SSSR count). The van der Waals surface area contributed by atoms with Crippen molar-refractivity contribution in [1.82, 2.24) is 15.1 Å². The summed E-state index contributed by atoms with van der Waals surface area (Å²) in [5.74, 6) is -0.701. The van der Waals surface area contributed by atoms with Crippen molar-refractivity contribution in [2.75, 3.05) is 32.7 Å². The first-order valence-corrected chi connectivity index (χ1v) is 11.1. The fourth-order valence-electron chi connectivity index (χ4n) is 4.41. The molecule has 0 spiro atoms. The third kappa shape index (κ3) is 4.81. The number of hydrogen-bond donors (Lipinski definition) is 1. The summed E-state index contributed by atoms with van der Waals surface area (Å²) >= 11 is 0. The molecule has 6 heteroatoms. The van der Waals surface area contributed by atoms with Gasteiger partial charge in [0.25, 0.3) is 5.91 Å². The number of hydrogen-bond acceptors (Lipinski definition) is 5. The number of carbonyl (C=O) groups excluding carboxylic acids is 2. The first kappa shape index (κ1) is 21.5. The lowest BCUT2D eigenvalue weighted by molar-refractivity contribution is -0.140. The molecule has 1 atom stereocenters. The molecular weight excluding hydrogens is 390 g/mol. The van der Waals surface area contributed by atoms with Gasteiger partial charge in [-0.2, -0.15) is 0 Å². The van der Waals surface area contributed by atoms with Crippen LogP contribution in [0.1, 0.15) is 40.9 Å². The van der Waals surface area contributed by atoms with Crippen LogP contribution in [-0.2, 0) is 29.0 Å². The van der Waals surface area contributed by atoms with Crippen LogP contribution in [0.15, 0.2) is 48.5 Å². The van der Waals surface area contributed by atoms with E-state index >= 15 is 0 Å². The highest BCUT2D eigenvalue weighted by Crippen LogP contribution is 2.28. The molecule has 2 aromatic carbocycles. The molecule has 2 heterocycles. The summed E-state index contributed by atoms with van der Waals surface area (Å²) in [4.78, 5) is 30.3. The van der Waals surface area contributed by atoms with E-state index in [0.29, 0.717) is 18.5 Å². The molecule has 0 aromatic heterocycles. The molecule has 2 aromatic rings. The number of nitrogens with zero attached hydrogens (tertiary/aromatic N) is 2. The zero-order valence-corrected chi connectivity index (χ0v) is 18.4. The standard InChI is InChI=1S/C25H31N3O3/c1-3-27-12-14-28(15-13-27)18-21-10-5-4-9-20(21)17-26-24(30)25(2)16-19-8-6-7-11-22(19)23(29)31-25/h4-11H,3,12-18H2,1-2H3,(H,26,30). The average molecular weight is 422 g/mol. The van der Waals surface area contributed by atoms with Crippen LogP contribution in [0, 0.1) is 0 Å². The van der Waals surface area contributed by atoms with Gasteiger partial charge >= 0.3 is 5.97 Å². The van der Waals surface area contributed by atoms with Crippen LogP contribution in [0.4, 0.5) is 0 Å². The maximum absolute atomic E-state index is 13.0. The van der Waals surface area contributed by atoms with Crippen molar-refractivity contribution < 1.29 is 14.3 Å². The van der Waals surface area contributed by atoms with Gasteiger partial charge in [-0.1, -0.05) is 49.4 Å². The molecule has 1 N–H and O–H groups in total. The van der Waals surface area contributed by atoms with Crippen molar-refractivity contribution in [1.29, 1.82) is 0 Å². The van der Waals surface area contributed by atoms with Crippen LogP contribution in [0.3, 0.4) is 0 Å². The van der Waals surface area contributed by atoms with Crippen molar-refractivity contribution in [3.63, 3.8) is 0 Å². The van der Waals surface area contributed by atoms with Crippen molar-refractivity contribution in [3.05, 3.63) is 70.8 Å². The Morgan fingerprint density at radius 3 is 2.39 bits per heavy atom. The van der Waals surface area contributed by atoms with Gasteiger partial charge in [0.2, 0.25) is 0 Å². The highest BCUT2D eigenvalue weighted by Gasteiger charge is 2.42. The van der Waals surface area contributed by atoms with Crippen molar-refractivity contribution in [3.8, 4) is 0 Å². The summed E-state index contributed by atoms with van der Waals surface area (Å²) in [5.41, 5.74) is 2.52. The first-order valence-electron chi connectivity index (χ1n) is 11.1. The van der Waals surface area contributed by atoms with Gasteiger partial charge < -0.3 is 15.0 Å². The number of esters is 1. The van der Waals surface area contributed by atoms with Gasteiger partial charge in [0, 0.05) is 45.7 Å². The van der Waals surface area contributed by atoms with Gasteiger partial charge in [-0.05, 0) is 36.2 Å². The number of fused-ring (bicyclic) bond motifs is 1. The fourth-order valence-corrected chi connectivity index (χ4v) is 4.41. The zero-order chi connectivity index (χ0) is 21.8. The molecule has 31 heavy (non-hydrogen) atoms. The molecule has 1 fully saturated rings. The largest absolute Gasteiger partial charge is 0.445 e. The first-order chi connectivity index (χ1) is 15.0. The van der Waals surface area contributed by atoms with Crippen LogP contribution in [-0.4, -0.2) is 60.0 Å². The maximum Gasteiger partial charge on any atom is 0.339 e. The molecule has 0 bridgehead atoms. The van der Waals surface area contributed by atoms with Gasteiger partial charge in [-0.3, -0.25) is 9.69 Å².